The average molecular weight is 287 g/mol. The number of aromatic nitrogens is 3. The minimum Gasteiger partial charge on any atom is -0.481 e. The minimum atomic E-state index is -0.778. The van der Waals surface area contributed by atoms with Crippen molar-refractivity contribution in [3.63, 3.8) is 0 Å². The summed E-state index contributed by atoms with van der Waals surface area (Å²) in [6.45, 7) is 1.93. The van der Waals surface area contributed by atoms with Gasteiger partial charge in [-0.1, -0.05) is 18.0 Å². The second-order valence-electron chi connectivity index (χ2n) is 5.48. The topological polar surface area (TPSA) is 89.1 Å². The van der Waals surface area contributed by atoms with Gasteiger partial charge in [-0.2, -0.15) is 4.98 Å². The molecule has 2 atom stereocenters. The molecular weight excluding hydrogens is 270 g/mol. The van der Waals surface area contributed by atoms with Crippen molar-refractivity contribution in [2.75, 3.05) is 0 Å². The molecule has 3 rings (SSSR count). The van der Waals surface area contributed by atoms with Crippen LogP contribution in [0, 0.1) is 12.8 Å². The monoisotopic (exact) mass is 287 g/mol. The summed E-state index contributed by atoms with van der Waals surface area (Å²) in [6.07, 6.45) is 6.82. The lowest BCUT2D eigenvalue weighted by Crippen LogP contribution is -2.25. The van der Waals surface area contributed by atoms with E-state index in [0.29, 0.717) is 18.1 Å². The van der Waals surface area contributed by atoms with Crippen molar-refractivity contribution < 1.29 is 14.4 Å². The Labute approximate surface area is 122 Å². The molecule has 0 aliphatic heterocycles. The molecule has 2 aromatic heterocycles. The highest BCUT2D eigenvalue weighted by Gasteiger charge is 2.35. The van der Waals surface area contributed by atoms with Crippen molar-refractivity contribution in [1.29, 1.82) is 0 Å². The highest BCUT2D eigenvalue weighted by molar-refractivity contribution is 5.71. The quantitative estimate of drug-likeness (QED) is 0.933. The maximum absolute atomic E-state index is 11.4. The van der Waals surface area contributed by atoms with E-state index in [0.717, 1.165) is 30.4 Å². The lowest BCUT2D eigenvalue weighted by Gasteiger charge is -2.25. The minimum absolute atomic E-state index is 0.181. The molecule has 0 bridgehead atoms. The van der Waals surface area contributed by atoms with Crippen LogP contribution < -0.4 is 0 Å². The second kappa shape index (κ2) is 5.63. The fourth-order valence-electron chi connectivity index (χ4n) is 2.94. The Morgan fingerprint density at radius 1 is 1.38 bits per heavy atom. The lowest BCUT2D eigenvalue weighted by atomic mass is 9.79. The first-order chi connectivity index (χ1) is 10.2. The van der Waals surface area contributed by atoms with Gasteiger partial charge in [-0.15, -0.1) is 0 Å². The van der Waals surface area contributed by atoms with Crippen molar-refractivity contribution in [3.8, 4) is 11.4 Å². The number of nitrogens with zero attached hydrogens (tertiary/aromatic N) is 3. The standard InChI is InChI=1S/C15H17N3O3/c1-9-8-16-7-6-10(9)13-17-14(21-18-13)11-4-2-3-5-12(11)15(19)20/h6-8,11-12H,2-5H2,1H3,(H,19,20). The van der Waals surface area contributed by atoms with Crippen LogP contribution in [0.25, 0.3) is 11.4 Å². The zero-order chi connectivity index (χ0) is 14.8. The Kier molecular flexibility index (Phi) is 3.68. The molecule has 1 N–H and O–H groups in total. The Hall–Kier alpha value is -2.24. The van der Waals surface area contributed by atoms with Gasteiger partial charge in [-0.3, -0.25) is 9.78 Å². The lowest BCUT2D eigenvalue weighted by molar-refractivity contribution is -0.143. The van der Waals surface area contributed by atoms with Crippen LogP contribution in [0.15, 0.2) is 23.0 Å². The summed E-state index contributed by atoms with van der Waals surface area (Å²) in [5.74, 6) is -0.447. The highest BCUT2D eigenvalue weighted by atomic mass is 16.5. The Bertz CT molecular complexity index is 653. The molecule has 2 unspecified atom stereocenters. The summed E-state index contributed by atoms with van der Waals surface area (Å²) in [4.78, 5) is 19.8. The van der Waals surface area contributed by atoms with Crippen LogP contribution >= 0.6 is 0 Å². The van der Waals surface area contributed by atoms with Gasteiger partial charge < -0.3 is 9.63 Å². The smallest absolute Gasteiger partial charge is 0.307 e. The third-order valence-electron chi connectivity index (χ3n) is 4.10. The molecule has 6 nitrogen and oxygen atoms in total. The Balaban J connectivity index is 1.91. The number of carbonyl (C=O) groups is 1. The molecule has 0 radical (unpaired) electrons. The third kappa shape index (κ3) is 2.66. The number of rotatable bonds is 3. The first-order valence-corrected chi connectivity index (χ1v) is 7.14. The molecule has 21 heavy (non-hydrogen) atoms. The zero-order valence-corrected chi connectivity index (χ0v) is 11.8. The summed E-state index contributed by atoms with van der Waals surface area (Å²) < 4.78 is 5.35. The van der Waals surface area contributed by atoms with Crippen molar-refractivity contribution >= 4 is 5.97 Å². The number of hydrogen-bond acceptors (Lipinski definition) is 5. The van der Waals surface area contributed by atoms with E-state index < -0.39 is 11.9 Å². The fraction of sp³-hybridized carbons (Fsp3) is 0.467. The van der Waals surface area contributed by atoms with Gasteiger partial charge in [-0.25, -0.2) is 0 Å². The number of carboxylic acid groups (broad SMARTS) is 1. The van der Waals surface area contributed by atoms with Gasteiger partial charge in [0.25, 0.3) is 0 Å². The number of hydrogen-bond donors (Lipinski definition) is 1. The Morgan fingerprint density at radius 2 is 2.19 bits per heavy atom. The van der Waals surface area contributed by atoms with Gasteiger partial charge in [0, 0.05) is 18.0 Å². The summed E-state index contributed by atoms with van der Waals surface area (Å²) in [7, 11) is 0. The summed E-state index contributed by atoms with van der Waals surface area (Å²) in [6, 6.07) is 1.83. The molecule has 0 aromatic carbocycles. The second-order valence-corrected chi connectivity index (χ2v) is 5.48. The maximum Gasteiger partial charge on any atom is 0.307 e. The SMILES string of the molecule is Cc1cnccc1-c1noc(C2CCCCC2C(=O)O)n1. The van der Waals surface area contributed by atoms with E-state index in [2.05, 4.69) is 15.1 Å². The van der Waals surface area contributed by atoms with Gasteiger partial charge in [0.2, 0.25) is 11.7 Å². The van der Waals surface area contributed by atoms with E-state index in [-0.39, 0.29) is 5.92 Å². The first kappa shape index (κ1) is 13.7. The first-order valence-electron chi connectivity index (χ1n) is 7.14. The van der Waals surface area contributed by atoms with Crippen LogP contribution in [-0.2, 0) is 4.79 Å². The molecular formula is C15H17N3O3. The summed E-state index contributed by atoms with van der Waals surface area (Å²) in [5.41, 5.74) is 1.82. The summed E-state index contributed by atoms with van der Waals surface area (Å²) >= 11 is 0. The third-order valence-corrected chi connectivity index (χ3v) is 4.10. The van der Waals surface area contributed by atoms with Crippen molar-refractivity contribution in [2.24, 2.45) is 5.92 Å². The molecule has 2 heterocycles. The molecule has 1 fully saturated rings. The van der Waals surface area contributed by atoms with E-state index >= 15 is 0 Å². The largest absolute Gasteiger partial charge is 0.481 e. The van der Waals surface area contributed by atoms with E-state index in [4.69, 9.17) is 4.52 Å². The van der Waals surface area contributed by atoms with Crippen LogP contribution in [0.4, 0.5) is 0 Å². The number of aliphatic carboxylic acids is 1. The molecule has 2 aromatic rings. The van der Waals surface area contributed by atoms with Crippen LogP contribution in [0.3, 0.4) is 0 Å². The average Bonchev–Trinajstić information content (AvgIpc) is 2.97. The molecule has 1 aliphatic carbocycles. The highest BCUT2D eigenvalue weighted by Crippen LogP contribution is 2.37. The fourth-order valence-corrected chi connectivity index (χ4v) is 2.94. The molecule has 6 heteroatoms. The molecule has 1 aliphatic rings. The van der Waals surface area contributed by atoms with Gasteiger partial charge in [-0.05, 0) is 31.4 Å². The van der Waals surface area contributed by atoms with E-state index in [1.165, 1.54) is 0 Å². The van der Waals surface area contributed by atoms with Gasteiger partial charge in [0.05, 0.1) is 11.8 Å². The van der Waals surface area contributed by atoms with Crippen LogP contribution in [0.1, 0.15) is 43.1 Å². The maximum atomic E-state index is 11.4. The van der Waals surface area contributed by atoms with Crippen molar-refractivity contribution in [3.05, 3.63) is 29.9 Å². The summed E-state index contributed by atoms with van der Waals surface area (Å²) in [5, 5.41) is 13.3. The molecule has 0 saturated heterocycles. The zero-order valence-electron chi connectivity index (χ0n) is 11.8. The van der Waals surface area contributed by atoms with Crippen LogP contribution in [0.5, 0.6) is 0 Å². The van der Waals surface area contributed by atoms with E-state index in [9.17, 15) is 9.90 Å². The van der Waals surface area contributed by atoms with Crippen LogP contribution in [0.2, 0.25) is 0 Å². The van der Waals surface area contributed by atoms with E-state index in [1.807, 2.05) is 13.0 Å². The molecule has 0 spiro atoms. The number of pyridine rings is 1. The van der Waals surface area contributed by atoms with Crippen molar-refractivity contribution in [2.45, 2.75) is 38.5 Å². The number of aryl methyl sites for hydroxylation is 1. The van der Waals surface area contributed by atoms with Crippen LogP contribution in [-0.4, -0.2) is 26.2 Å². The van der Waals surface area contributed by atoms with E-state index in [1.54, 1.807) is 12.4 Å². The molecule has 1 saturated carbocycles. The van der Waals surface area contributed by atoms with Gasteiger partial charge >= 0.3 is 5.97 Å². The van der Waals surface area contributed by atoms with Crippen molar-refractivity contribution in [1.82, 2.24) is 15.1 Å². The molecule has 110 valence electrons. The van der Waals surface area contributed by atoms with Gasteiger partial charge in [0.1, 0.15) is 0 Å². The van der Waals surface area contributed by atoms with Gasteiger partial charge in [0.15, 0.2) is 0 Å². The predicted octanol–water partition coefficient (Wildman–Crippen LogP) is 2.80. The number of carboxylic acids is 1. The molecule has 0 amide bonds. The normalized spacial score (nSPS) is 22.1. The predicted molar refractivity (Wildman–Crippen MR) is 74.6 cm³/mol. The Morgan fingerprint density at radius 3 is 2.95 bits per heavy atom.